The summed E-state index contributed by atoms with van der Waals surface area (Å²) < 4.78 is 6.23. The van der Waals surface area contributed by atoms with E-state index in [1.54, 1.807) is 12.1 Å². The molecular weight excluding hydrogens is 382 g/mol. The highest BCUT2D eigenvalue weighted by molar-refractivity contribution is 7.81. The number of phenols is 1. The average Bonchev–Trinajstić information content (AvgIpc) is 3.10. The van der Waals surface area contributed by atoms with E-state index in [1.165, 1.54) is 30.6 Å². The predicted molar refractivity (Wildman–Crippen MR) is 108 cm³/mol. The number of nitrogens with zero attached hydrogens (tertiary/aromatic N) is 2. The minimum absolute atomic E-state index is 0.0773. The second kappa shape index (κ2) is 7.70. The van der Waals surface area contributed by atoms with Crippen LogP contribution in [0.2, 0.25) is 0 Å². The van der Waals surface area contributed by atoms with Gasteiger partial charge < -0.3 is 15.6 Å². The van der Waals surface area contributed by atoms with Crippen molar-refractivity contribution in [1.82, 2.24) is 4.98 Å². The van der Waals surface area contributed by atoms with Gasteiger partial charge in [-0.25, -0.2) is 4.98 Å². The molecule has 0 fully saturated rings. The molecule has 1 aromatic heterocycles. The van der Waals surface area contributed by atoms with Crippen LogP contribution in [0.3, 0.4) is 0 Å². The molecule has 2 aromatic carbocycles. The Labute approximate surface area is 164 Å². The molecule has 3 rings (SSSR count). The molecule has 0 aliphatic rings. The number of hydrogen-bond donors (Lipinski definition) is 3. The first kappa shape index (κ1) is 18.8. The van der Waals surface area contributed by atoms with E-state index in [1.807, 2.05) is 24.3 Å². The van der Waals surface area contributed by atoms with Crippen molar-refractivity contribution in [2.45, 2.75) is 5.25 Å². The van der Waals surface area contributed by atoms with E-state index in [-0.39, 0.29) is 17.1 Å². The molecule has 0 aliphatic heterocycles. The lowest BCUT2D eigenvalue weighted by atomic mass is 10.0. The zero-order valence-electron chi connectivity index (χ0n) is 14.2. The number of carbonyl (C=O) groups is 1. The molecule has 6 nitrogen and oxygen atoms in total. The van der Waals surface area contributed by atoms with Crippen molar-refractivity contribution in [1.29, 1.82) is 5.26 Å². The van der Waals surface area contributed by atoms with Gasteiger partial charge in [0.15, 0.2) is 11.5 Å². The van der Waals surface area contributed by atoms with Gasteiger partial charge in [0.1, 0.15) is 16.6 Å². The number of aromatic hydroxyl groups is 1. The summed E-state index contributed by atoms with van der Waals surface area (Å²) in [6.07, 6.45) is 1.34. The van der Waals surface area contributed by atoms with E-state index in [2.05, 4.69) is 17.6 Å². The number of thiol groups is 1. The maximum absolute atomic E-state index is 11.3. The largest absolute Gasteiger partial charge is 0.504 e. The highest BCUT2D eigenvalue weighted by Gasteiger charge is 2.21. The van der Waals surface area contributed by atoms with E-state index in [4.69, 9.17) is 15.7 Å². The summed E-state index contributed by atoms with van der Waals surface area (Å²) in [5.41, 5.74) is 6.77. The number of nitrogens with two attached hydrogens (primary N) is 1. The molecule has 1 atom stereocenters. The summed E-state index contributed by atoms with van der Waals surface area (Å²) in [6, 6.07) is 12.6. The topological polar surface area (TPSA) is 109 Å². The number of rotatable bonds is 5. The fourth-order valence-corrected chi connectivity index (χ4v) is 3.95. The third-order valence-electron chi connectivity index (χ3n) is 3.88. The number of phenolic OH excluding ortho intramolecular Hbond substituents is 1. The molecule has 8 heteroatoms. The second-order valence-corrected chi connectivity index (χ2v) is 7.20. The molecule has 136 valence electrons. The first-order chi connectivity index (χ1) is 12.9. The zero-order valence-corrected chi connectivity index (χ0v) is 15.9. The van der Waals surface area contributed by atoms with Gasteiger partial charge in [0.05, 0.1) is 22.6 Å². The minimum atomic E-state index is -0.834. The van der Waals surface area contributed by atoms with Gasteiger partial charge in [0.25, 0.3) is 5.91 Å². The molecular formula is C19H15N3O3S2. The average molecular weight is 397 g/mol. The van der Waals surface area contributed by atoms with Gasteiger partial charge in [-0.15, -0.1) is 11.3 Å². The van der Waals surface area contributed by atoms with Gasteiger partial charge in [-0.3, -0.25) is 4.79 Å². The Hall–Kier alpha value is -3.02. The Morgan fingerprint density at radius 1 is 1.44 bits per heavy atom. The maximum Gasteiger partial charge on any atom is 0.259 e. The highest BCUT2D eigenvalue weighted by atomic mass is 32.1. The smallest absolute Gasteiger partial charge is 0.259 e. The Morgan fingerprint density at radius 3 is 2.81 bits per heavy atom. The fourth-order valence-electron chi connectivity index (χ4n) is 2.56. The number of aromatic nitrogens is 1. The van der Waals surface area contributed by atoms with Crippen LogP contribution in [0.25, 0.3) is 16.3 Å². The molecule has 1 heterocycles. The summed E-state index contributed by atoms with van der Waals surface area (Å²) in [5.74, 6) is -0.716. The Bertz CT molecular complexity index is 1070. The van der Waals surface area contributed by atoms with Crippen molar-refractivity contribution in [3.63, 3.8) is 0 Å². The number of para-hydroxylation sites is 1. The number of benzene rings is 2. The summed E-state index contributed by atoms with van der Waals surface area (Å²) in [7, 11) is 1.41. The molecule has 0 bridgehead atoms. The number of ether oxygens (including phenoxy) is 1. The molecule has 1 amide bonds. The lowest BCUT2D eigenvalue weighted by molar-refractivity contribution is -0.114. The van der Waals surface area contributed by atoms with Gasteiger partial charge in [-0.1, -0.05) is 12.1 Å². The monoisotopic (exact) mass is 397 g/mol. The lowest BCUT2D eigenvalue weighted by Crippen LogP contribution is -2.12. The normalized spacial score (nSPS) is 12.6. The second-order valence-electron chi connectivity index (χ2n) is 5.62. The number of nitriles is 1. The lowest BCUT2D eigenvalue weighted by Gasteiger charge is -2.14. The molecule has 0 spiro atoms. The van der Waals surface area contributed by atoms with Crippen LogP contribution < -0.4 is 10.5 Å². The van der Waals surface area contributed by atoms with Crippen LogP contribution in [0, 0.1) is 11.3 Å². The van der Waals surface area contributed by atoms with Crippen molar-refractivity contribution >= 4 is 46.2 Å². The first-order valence-corrected chi connectivity index (χ1v) is 9.14. The number of carbonyl (C=O) groups excluding carboxylic acids is 1. The quantitative estimate of drug-likeness (QED) is 0.347. The highest BCUT2D eigenvalue weighted by Crippen LogP contribution is 2.42. The molecule has 1 unspecified atom stereocenters. The summed E-state index contributed by atoms with van der Waals surface area (Å²) >= 11 is 6.10. The van der Waals surface area contributed by atoms with Crippen LogP contribution in [0.15, 0.2) is 42.0 Å². The summed E-state index contributed by atoms with van der Waals surface area (Å²) in [5, 5.41) is 19.8. The van der Waals surface area contributed by atoms with Crippen molar-refractivity contribution in [3.8, 4) is 17.6 Å². The Kier molecular flexibility index (Phi) is 5.35. The SMILES string of the molecule is COc1cc(C=C(C#N)C(N)=O)cc(C(S)c2nc3ccccc3s2)c1O. The molecule has 0 radical (unpaired) electrons. The summed E-state index contributed by atoms with van der Waals surface area (Å²) in [6.45, 7) is 0. The van der Waals surface area contributed by atoms with Gasteiger partial charge in [-0.2, -0.15) is 17.9 Å². The fraction of sp³-hybridized carbons (Fsp3) is 0.105. The van der Waals surface area contributed by atoms with E-state index in [9.17, 15) is 9.90 Å². The van der Waals surface area contributed by atoms with E-state index in [0.717, 1.165) is 10.2 Å². The van der Waals surface area contributed by atoms with Gasteiger partial charge >= 0.3 is 0 Å². The molecule has 0 saturated heterocycles. The molecule has 0 saturated carbocycles. The van der Waals surface area contributed by atoms with E-state index >= 15 is 0 Å². The minimum Gasteiger partial charge on any atom is -0.504 e. The third-order valence-corrected chi connectivity index (χ3v) is 5.68. The molecule has 27 heavy (non-hydrogen) atoms. The third kappa shape index (κ3) is 3.74. The van der Waals surface area contributed by atoms with Crippen LogP contribution in [0.1, 0.15) is 21.4 Å². The van der Waals surface area contributed by atoms with Crippen molar-refractivity contribution in [3.05, 3.63) is 58.1 Å². The van der Waals surface area contributed by atoms with Crippen molar-refractivity contribution < 1.29 is 14.6 Å². The van der Waals surface area contributed by atoms with Gasteiger partial charge in [-0.05, 0) is 35.9 Å². The van der Waals surface area contributed by atoms with Crippen molar-refractivity contribution in [2.75, 3.05) is 7.11 Å². The van der Waals surface area contributed by atoms with Gasteiger partial charge in [0, 0.05) is 5.56 Å². The van der Waals surface area contributed by atoms with Crippen LogP contribution in [-0.4, -0.2) is 23.1 Å². The van der Waals surface area contributed by atoms with Crippen LogP contribution in [0.4, 0.5) is 0 Å². The van der Waals surface area contributed by atoms with Crippen LogP contribution >= 0.6 is 24.0 Å². The number of thiazole rings is 1. The summed E-state index contributed by atoms with van der Waals surface area (Å²) in [4.78, 5) is 15.9. The number of fused-ring (bicyclic) bond motifs is 1. The Morgan fingerprint density at radius 2 is 2.19 bits per heavy atom. The number of amides is 1. The molecule has 3 aromatic rings. The van der Waals surface area contributed by atoms with Crippen molar-refractivity contribution in [2.24, 2.45) is 5.73 Å². The van der Waals surface area contributed by atoms with Gasteiger partial charge in [0.2, 0.25) is 0 Å². The van der Waals surface area contributed by atoms with Crippen LogP contribution in [-0.2, 0) is 4.79 Å². The standard InChI is InChI=1S/C19H15N3O3S2/c1-25-14-8-10(6-11(9-20)18(21)24)7-12(16(14)23)17(26)19-22-13-4-2-3-5-15(13)27-19/h2-8,17,23,26H,1H3,(H2,21,24). The number of methoxy groups -OCH3 is 1. The van der Waals surface area contributed by atoms with E-state index in [0.29, 0.717) is 16.1 Å². The molecule has 0 aliphatic carbocycles. The number of hydrogen-bond acceptors (Lipinski definition) is 7. The first-order valence-electron chi connectivity index (χ1n) is 7.80. The number of primary amides is 1. The Balaban J connectivity index is 2.12. The zero-order chi connectivity index (χ0) is 19.6. The maximum atomic E-state index is 11.3. The predicted octanol–water partition coefficient (Wildman–Crippen LogP) is 3.42. The molecule has 3 N–H and O–H groups in total. The van der Waals surface area contributed by atoms with Crippen LogP contribution in [0.5, 0.6) is 11.5 Å². The van der Waals surface area contributed by atoms with E-state index < -0.39 is 11.2 Å².